The molecule has 2 aromatic rings. The molecule has 0 bridgehead atoms. The van der Waals surface area contributed by atoms with Crippen LogP contribution in [0.4, 0.5) is 0 Å². The quantitative estimate of drug-likeness (QED) is 0.228. The highest BCUT2D eigenvalue weighted by Gasteiger charge is 2.34. The number of carbonyl (C=O) groups is 1. The van der Waals surface area contributed by atoms with Gasteiger partial charge in [0.15, 0.2) is 0 Å². The molecule has 2 atom stereocenters. The summed E-state index contributed by atoms with van der Waals surface area (Å²) in [4.78, 5) is 12.8. The van der Waals surface area contributed by atoms with Crippen molar-refractivity contribution in [3.8, 4) is 0 Å². The largest absolute Gasteiger partial charge is 0.460 e. The molecule has 1 aliphatic carbocycles. The molecule has 192 valence electrons. The Hall–Kier alpha value is -2.40. The molecule has 0 fully saturated rings. The monoisotopic (exact) mass is 481 g/mol. The molecule has 0 radical (unpaired) electrons. The van der Waals surface area contributed by atoms with Gasteiger partial charge in [-0.2, -0.15) is 0 Å². The Morgan fingerprint density at radius 3 is 2.63 bits per heavy atom. The third kappa shape index (κ3) is 8.34. The van der Waals surface area contributed by atoms with Crippen molar-refractivity contribution in [3.05, 3.63) is 59.5 Å². The fourth-order valence-corrected chi connectivity index (χ4v) is 4.76. The van der Waals surface area contributed by atoms with Gasteiger partial charge in [0.1, 0.15) is 11.4 Å². The van der Waals surface area contributed by atoms with Gasteiger partial charge in [-0.05, 0) is 69.9 Å². The lowest BCUT2D eigenvalue weighted by atomic mass is 9.79. The van der Waals surface area contributed by atoms with Crippen LogP contribution < -0.4 is 0 Å². The Morgan fingerprint density at radius 2 is 1.94 bits per heavy atom. The summed E-state index contributed by atoms with van der Waals surface area (Å²) in [7, 11) is 0. The van der Waals surface area contributed by atoms with E-state index in [1.165, 1.54) is 0 Å². The molecule has 1 unspecified atom stereocenters. The molecule has 0 saturated carbocycles. The number of nitrogens with zero attached hydrogens (tertiary/aromatic N) is 1. The topological polar surface area (TPSA) is 61.6 Å². The van der Waals surface area contributed by atoms with E-state index in [-0.39, 0.29) is 18.3 Å². The van der Waals surface area contributed by atoms with Crippen molar-refractivity contribution in [2.24, 2.45) is 5.92 Å². The summed E-state index contributed by atoms with van der Waals surface area (Å²) in [6.45, 7) is 15.8. The first-order valence-electron chi connectivity index (χ1n) is 13.1. The van der Waals surface area contributed by atoms with E-state index in [9.17, 15) is 4.79 Å². The molecule has 0 saturated heterocycles. The van der Waals surface area contributed by atoms with Gasteiger partial charge in [0.25, 0.3) is 0 Å². The SMILES string of the molecule is C=C1CCC(CCC(C)C)c2onc([C@@H](CCCOCc3ccccc3)CC(=O)OC(C)(C)C)c21. The fraction of sp³-hybridized carbons (Fsp3) is 0.600. The Bertz CT molecular complexity index is 954. The maximum atomic E-state index is 12.8. The van der Waals surface area contributed by atoms with E-state index in [0.29, 0.717) is 25.0 Å². The van der Waals surface area contributed by atoms with Crippen molar-refractivity contribution in [1.29, 1.82) is 0 Å². The average Bonchev–Trinajstić information content (AvgIpc) is 3.23. The number of hydrogen-bond acceptors (Lipinski definition) is 5. The highest BCUT2D eigenvalue weighted by Crippen LogP contribution is 2.44. The van der Waals surface area contributed by atoms with Gasteiger partial charge in [0, 0.05) is 24.0 Å². The highest BCUT2D eigenvalue weighted by molar-refractivity contribution is 5.73. The van der Waals surface area contributed by atoms with Crippen molar-refractivity contribution >= 4 is 11.5 Å². The van der Waals surface area contributed by atoms with Crippen LogP contribution in [0.3, 0.4) is 0 Å². The van der Waals surface area contributed by atoms with Crippen molar-refractivity contribution in [2.45, 2.75) is 104 Å². The van der Waals surface area contributed by atoms with E-state index in [1.807, 2.05) is 39.0 Å². The van der Waals surface area contributed by atoms with Gasteiger partial charge in [-0.3, -0.25) is 4.79 Å². The van der Waals surface area contributed by atoms with Gasteiger partial charge < -0.3 is 14.0 Å². The minimum atomic E-state index is -0.519. The lowest BCUT2D eigenvalue weighted by molar-refractivity contribution is -0.155. The Morgan fingerprint density at radius 1 is 1.20 bits per heavy atom. The molecular weight excluding hydrogens is 438 g/mol. The molecule has 1 heterocycles. The van der Waals surface area contributed by atoms with Crippen molar-refractivity contribution < 1.29 is 18.8 Å². The fourth-order valence-electron chi connectivity index (χ4n) is 4.76. The lowest BCUT2D eigenvalue weighted by Crippen LogP contribution is -2.25. The molecule has 1 aromatic heterocycles. The second kappa shape index (κ2) is 12.5. The van der Waals surface area contributed by atoms with E-state index in [2.05, 4.69) is 37.7 Å². The zero-order valence-corrected chi connectivity index (χ0v) is 22.3. The number of carbonyl (C=O) groups excluding carboxylic acids is 1. The first-order chi connectivity index (χ1) is 16.6. The maximum Gasteiger partial charge on any atom is 0.306 e. The summed E-state index contributed by atoms with van der Waals surface area (Å²) in [5.74, 6) is 1.70. The molecule has 0 amide bonds. The first-order valence-corrected chi connectivity index (χ1v) is 13.1. The minimum Gasteiger partial charge on any atom is -0.460 e. The van der Waals surface area contributed by atoms with Crippen LogP contribution in [-0.4, -0.2) is 23.3 Å². The number of benzene rings is 1. The Kier molecular flexibility index (Phi) is 9.73. The summed E-state index contributed by atoms with van der Waals surface area (Å²) in [6.07, 6.45) is 6.13. The van der Waals surface area contributed by atoms with Crippen molar-refractivity contribution in [1.82, 2.24) is 5.16 Å². The van der Waals surface area contributed by atoms with Gasteiger partial charge in [-0.15, -0.1) is 0 Å². The molecule has 3 rings (SSSR count). The summed E-state index contributed by atoms with van der Waals surface area (Å²) in [5, 5.41) is 4.54. The highest BCUT2D eigenvalue weighted by atomic mass is 16.6. The molecule has 5 heteroatoms. The predicted octanol–water partition coefficient (Wildman–Crippen LogP) is 7.81. The van der Waals surface area contributed by atoms with Crippen LogP contribution in [0.15, 0.2) is 41.4 Å². The van der Waals surface area contributed by atoms with Crippen LogP contribution in [0.2, 0.25) is 0 Å². The molecule has 35 heavy (non-hydrogen) atoms. The van der Waals surface area contributed by atoms with E-state index in [1.54, 1.807) is 0 Å². The zero-order chi connectivity index (χ0) is 25.4. The molecule has 1 aromatic carbocycles. The third-order valence-corrected chi connectivity index (χ3v) is 6.53. The molecule has 1 aliphatic rings. The summed E-state index contributed by atoms with van der Waals surface area (Å²) in [5.41, 5.74) is 3.64. The molecule has 0 spiro atoms. The summed E-state index contributed by atoms with van der Waals surface area (Å²) < 4.78 is 17.5. The van der Waals surface area contributed by atoms with Crippen LogP contribution in [0.1, 0.15) is 114 Å². The van der Waals surface area contributed by atoms with Crippen LogP contribution >= 0.6 is 0 Å². The van der Waals surface area contributed by atoms with Gasteiger partial charge in [-0.25, -0.2) is 0 Å². The number of ether oxygens (including phenoxy) is 2. The minimum absolute atomic E-state index is 0.0849. The Labute approximate surface area is 211 Å². The van der Waals surface area contributed by atoms with E-state index < -0.39 is 5.60 Å². The van der Waals surface area contributed by atoms with E-state index in [0.717, 1.165) is 66.7 Å². The second-order valence-corrected chi connectivity index (χ2v) is 11.3. The van der Waals surface area contributed by atoms with Gasteiger partial charge in [0.2, 0.25) is 0 Å². The molecular formula is C30H43NO4. The average molecular weight is 482 g/mol. The number of esters is 1. The first kappa shape index (κ1) is 27.2. The molecule has 5 nitrogen and oxygen atoms in total. The number of allylic oxidation sites excluding steroid dienone is 1. The van der Waals surface area contributed by atoms with Crippen LogP contribution in [0.25, 0.3) is 5.57 Å². The summed E-state index contributed by atoms with van der Waals surface area (Å²) >= 11 is 0. The normalized spacial score (nSPS) is 16.9. The van der Waals surface area contributed by atoms with E-state index >= 15 is 0 Å². The number of rotatable bonds is 12. The standard InChI is InChI=1S/C30H43NO4/c1-21(2)14-16-24-17-15-22(3)27-28(31-35-29(24)27)25(19-26(32)34-30(4,5)6)13-10-18-33-20-23-11-8-7-9-12-23/h7-9,11-12,21,24-25H,3,10,13-20H2,1-2,4-6H3/t24?,25-/m0/s1. The van der Waals surface area contributed by atoms with Crippen LogP contribution in [0.5, 0.6) is 0 Å². The van der Waals surface area contributed by atoms with Gasteiger partial charge in [0.05, 0.1) is 18.7 Å². The van der Waals surface area contributed by atoms with E-state index in [4.69, 9.17) is 14.0 Å². The number of fused-ring (bicyclic) bond motifs is 1. The molecule has 0 aliphatic heterocycles. The zero-order valence-electron chi connectivity index (χ0n) is 22.3. The lowest BCUT2D eigenvalue weighted by Gasteiger charge is -2.25. The molecule has 0 N–H and O–H groups in total. The number of hydrogen-bond donors (Lipinski definition) is 0. The van der Waals surface area contributed by atoms with Crippen molar-refractivity contribution in [2.75, 3.05) is 6.61 Å². The number of aromatic nitrogens is 1. The van der Waals surface area contributed by atoms with Crippen LogP contribution in [0, 0.1) is 5.92 Å². The third-order valence-electron chi connectivity index (χ3n) is 6.53. The van der Waals surface area contributed by atoms with Gasteiger partial charge in [-0.1, -0.05) is 62.3 Å². The van der Waals surface area contributed by atoms with Crippen LogP contribution in [-0.2, 0) is 20.9 Å². The second-order valence-electron chi connectivity index (χ2n) is 11.3. The summed E-state index contributed by atoms with van der Waals surface area (Å²) in [6, 6.07) is 10.2. The van der Waals surface area contributed by atoms with Crippen molar-refractivity contribution in [3.63, 3.8) is 0 Å². The maximum absolute atomic E-state index is 12.8. The van der Waals surface area contributed by atoms with Gasteiger partial charge >= 0.3 is 5.97 Å². The predicted molar refractivity (Wildman–Crippen MR) is 140 cm³/mol. The smallest absolute Gasteiger partial charge is 0.306 e. The Balaban J connectivity index is 1.71.